The Morgan fingerprint density at radius 2 is 1.69 bits per heavy atom. The average molecular weight is 225 g/mol. The largest absolute Gasteiger partial charge is 0.316 e. The smallest absolute Gasteiger partial charge is 0.00258 e. The van der Waals surface area contributed by atoms with Gasteiger partial charge in [-0.3, -0.25) is 0 Å². The molecule has 0 radical (unpaired) electrons. The summed E-state index contributed by atoms with van der Waals surface area (Å²) in [6, 6.07) is 0. The number of hydrogen-bond donors (Lipinski definition) is 1. The van der Waals surface area contributed by atoms with Crippen LogP contribution in [0.4, 0.5) is 0 Å². The lowest BCUT2D eigenvalue weighted by atomic mass is 9.94. The van der Waals surface area contributed by atoms with Gasteiger partial charge in [0.25, 0.3) is 0 Å². The molecule has 1 nitrogen and oxygen atoms in total. The predicted octanol–water partition coefficient (Wildman–Crippen LogP) is 4.37. The van der Waals surface area contributed by atoms with E-state index in [1.54, 1.807) is 0 Å². The molecule has 1 N–H and O–H groups in total. The van der Waals surface area contributed by atoms with Crippen LogP contribution in [0.1, 0.15) is 71.6 Å². The van der Waals surface area contributed by atoms with Gasteiger partial charge in [-0.1, -0.05) is 65.2 Å². The van der Waals surface area contributed by atoms with Gasteiger partial charge >= 0.3 is 0 Å². The first-order valence-electron chi connectivity index (χ1n) is 7.49. The molecule has 0 aliphatic heterocycles. The van der Waals surface area contributed by atoms with Crippen molar-refractivity contribution in [1.29, 1.82) is 0 Å². The number of hydrogen-bond acceptors (Lipinski definition) is 1. The summed E-state index contributed by atoms with van der Waals surface area (Å²) in [6.07, 6.45) is 13.3. The monoisotopic (exact) mass is 225 g/mol. The van der Waals surface area contributed by atoms with E-state index in [1.807, 2.05) is 0 Å². The standard InChI is InChI=1S/C15H31N/c1-14(2)13-16-12-8-7-11-15-9-5-3-4-6-10-15/h14-16H,3-13H2,1-2H3. The van der Waals surface area contributed by atoms with Crippen molar-refractivity contribution in [2.75, 3.05) is 13.1 Å². The molecular formula is C15H31N. The first-order valence-corrected chi connectivity index (χ1v) is 7.49. The highest BCUT2D eigenvalue weighted by atomic mass is 14.8. The molecule has 0 amide bonds. The molecule has 0 spiro atoms. The second kappa shape index (κ2) is 9.04. The van der Waals surface area contributed by atoms with Crippen molar-refractivity contribution in [2.45, 2.75) is 71.6 Å². The summed E-state index contributed by atoms with van der Waals surface area (Å²) in [4.78, 5) is 0. The Bertz CT molecular complexity index is 146. The number of unbranched alkanes of at least 4 members (excludes halogenated alkanes) is 1. The second-order valence-electron chi connectivity index (χ2n) is 5.95. The Labute approximate surface area is 102 Å². The van der Waals surface area contributed by atoms with Crippen LogP contribution in [0.25, 0.3) is 0 Å². The SMILES string of the molecule is CC(C)CNCCCCC1CCCCCC1. The van der Waals surface area contributed by atoms with Crippen molar-refractivity contribution in [1.82, 2.24) is 5.32 Å². The van der Waals surface area contributed by atoms with Crippen molar-refractivity contribution < 1.29 is 0 Å². The molecule has 0 unspecified atom stereocenters. The Kier molecular flexibility index (Phi) is 7.92. The number of rotatable bonds is 7. The highest BCUT2D eigenvalue weighted by Crippen LogP contribution is 2.26. The molecule has 0 aromatic carbocycles. The summed E-state index contributed by atoms with van der Waals surface area (Å²) in [5.74, 6) is 1.86. The van der Waals surface area contributed by atoms with Crippen molar-refractivity contribution in [2.24, 2.45) is 11.8 Å². The van der Waals surface area contributed by atoms with E-state index < -0.39 is 0 Å². The fourth-order valence-electron chi connectivity index (χ4n) is 2.73. The van der Waals surface area contributed by atoms with E-state index in [9.17, 15) is 0 Å². The summed E-state index contributed by atoms with van der Waals surface area (Å²) in [5, 5.41) is 3.53. The third kappa shape index (κ3) is 7.27. The minimum atomic E-state index is 0.793. The van der Waals surface area contributed by atoms with E-state index in [0.29, 0.717) is 0 Å². The zero-order chi connectivity index (χ0) is 11.6. The zero-order valence-electron chi connectivity index (χ0n) is 11.4. The van der Waals surface area contributed by atoms with Crippen LogP contribution in [-0.2, 0) is 0 Å². The van der Waals surface area contributed by atoms with Crippen LogP contribution in [0.15, 0.2) is 0 Å². The van der Waals surface area contributed by atoms with Gasteiger partial charge in [0.2, 0.25) is 0 Å². The summed E-state index contributed by atoms with van der Waals surface area (Å²) in [5.41, 5.74) is 0. The molecule has 16 heavy (non-hydrogen) atoms. The van der Waals surface area contributed by atoms with Crippen molar-refractivity contribution >= 4 is 0 Å². The highest BCUT2D eigenvalue weighted by Gasteiger charge is 2.11. The maximum Gasteiger partial charge on any atom is -0.00258 e. The van der Waals surface area contributed by atoms with E-state index in [2.05, 4.69) is 19.2 Å². The van der Waals surface area contributed by atoms with Gasteiger partial charge in [-0.25, -0.2) is 0 Å². The average Bonchev–Trinajstić information content (AvgIpc) is 2.51. The van der Waals surface area contributed by atoms with Crippen LogP contribution >= 0.6 is 0 Å². The van der Waals surface area contributed by atoms with Gasteiger partial charge in [0, 0.05) is 0 Å². The Morgan fingerprint density at radius 3 is 2.31 bits per heavy atom. The Hall–Kier alpha value is -0.0400. The van der Waals surface area contributed by atoms with E-state index in [-0.39, 0.29) is 0 Å². The van der Waals surface area contributed by atoms with E-state index in [4.69, 9.17) is 0 Å². The lowest BCUT2D eigenvalue weighted by Gasteiger charge is -2.13. The van der Waals surface area contributed by atoms with Crippen LogP contribution in [-0.4, -0.2) is 13.1 Å². The van der Waals surface area contributed by atoms with Gasteiger partial charge in [-0.05, 0) is 31.3 Å². The minimum absolute atomic E-state index is 0.793. The Morgan fingerprint density at radius 1 is 1.00 bits per heavy atom. The summed E-state index contributed by atoms with van der Waals surface area (Å²) < 4.78 is 0. The van der Waals surface area contributed by atoms with Gasteiger partial charge in [-0.2, -0.15) is 0 Å². The van der Waals surface area contributed by atoms with Crippen LogP contribution in [0, 0.1) is 11.8 Å². The van der Waals surface area contributed by atoms with Gasteiger partial charge in [0.15, 0.2) is 0 Å². The molecule has 96 valence electrons. The molecule has 0 heterocycles. The highest BCUT2D eigenvalue weighted by molar-refractivity contribution is 4.65. The second-order valence-corrected chi connectivity index (χ2v) is 5.95. The summed E-state index contributed by atoms with van der Waals surface area (Å²) in [6.45, 7) is 6.96. The van der Waals surface area contributed by atoms with Crippen molar-refractivity contribution in [3.63, 3.8) is 0 Å². The lowest BCUT2D eigenvalue weighted by Crippen LogP contribution is -2.20. The fourth-order valence-corrected chi connectivity index (χ4v) is 2.73. The molecule has 1 heteroatoms. The summed E-state index contributed by atoms with van der Waals surface area (Å²) in [7, 11) is 0. The summed E-state index contributed by atoms with van der Waals surface area (Å²) >= 11 is 0. The molecule has 1 fully saturated rings. The maximum atomic E-state index is 3.53. The molecule has 0 aromatic rings. The van der Waals surface area contributed by atoms with E-state index >= 15 is 0 Å². The van der Waals surface area contributed by atoms with Crippen molar-refractivity contribution in [3.05, 3.63) is 0 Å². The van der Waals surface area contributed by atoms with Gasteiger partial charge in [0.1, 0.15) is 0 Å². The Balaban J connectivity index is 1.89. The van der Waals surface area contributed by atoms with Gasteiger partial charge in [-0.15, -0.1) is 0 Å². The van der Waals surface area contributed by atoms with E-state index in [0.717, 1.165) is 11.8 Å². The third-order valence-electron chi connectivity index (χ3n) is 3.74. The number of nitrogens with one attached hydrogen (secondary N) is 1. The van der Waals surface area contributed by atoms with Crippen LogP contribution < -0.4 is 5.32 Å². The predicted molar refractivity (Wildman–Crippen MR) is 72.8 cm³/mol. The fraction of sp³-hybridized carbons (Fsp3) is 1.00. The molecule has 0 atom stereocenters. The topological polar surface area (TPSA) is 12.0 Å². The molecule has 1 saturated carbocycles. The van der Waals surface area contributed by atoms with Crippen LogP contribution in [0.2, 0.25) is 0 Å². The maximum absolute atomic E-state index is 3.53. The molecule has 0 aromatic heterocycles. The zero-order valence-corrected chi connectivity index (χ0v) is 11.4. The first-order chi connectivity index (χ1) is 7.79. The molecule has 1 aliphatic carbocycles. The van der Waals surface area contributed by atoms with Crippen molar-refractivity contribution in [3.8, 4) is 0 Å². The van der Waals surface area contributed by atoms with E-state index in [1.165, 1.54) is 70.9 Å². The van der Waals surface area contributed by atoms with Gasteiger partial charge in [0.05, 0.1) is 0 Å². The van der Waals surface area contributed by atoms with Crippen LogP contribution in [0.3, 0.4) is 0 Å². The normalized spacial score (nSPS) is 18.9. The molecule has 0 saturated heterocycles. The molecule has 1 rings (SSSR count). The molecule has 1 aliphatic rings. The van der Waals surface area contributed by atoms with Crippen LogP contribution in [0.5, 0.6) is 0 Å². The van der Waals surface area contributed by atoms with Gasteiger partial charge < -0.3 is 5.32 Å². The quantitative estimate of drug-likeness (QED) is 0.501. The molecular weight excluding hydrogens is 194 g/mol. The first kappa shape index (κ1) is 14.0. The molecule has 0 bridgehead atoms. The minimum Gasteiger partial charge on any atom is -0.316 e. The lowest BCUT2D eigenvalue weighted by molar-refractivity contribution is 0.405. The third-order valence-corrected chi connectivity index (χ3v) is 3.74.